The molecule has 7 nitrogen and oxygen atoms in total. The number of anilines is 1. The van der Waals surface area contributed by atoms with E-state index >= 15 is 0 Å². The maximum atomic E-state index is 13.3. The summed E-state index contributed by atoms with van der Waals surface area (Å²) in [5.74, 6) is -0.963. The number of hydrogen-bond acceptors (Lipinski definition) is 6. The Balaban J connectivity index is 2.16. The second kappa shape index (κ2) is 6.72. The largest absolute Gasteiger partial charge is 0.390 e. The van der Waals surface area contributed by atoms with E-state index in [4.69, 9.17) is 5.26 Å². The SMILES string of the molecule is N#Cc1cccc(S(=O)(=O)N(c2ccccc2)[C@H]2CS(=O)(=O)C[C@H]2O)c1. The predicted molar refractivity (Wildman–Crippen MR) is 95.7 cm³/mol. The molecule has 0 aliphatic carbocycles. The van der Waals surface area contributed by atoms with Crippen molar-refractivity contribution in [3.05, 3.63) is 60.2 Å². The molecule has 0 spiro atoms. The first kappa shape index (κ1) is 18.4. The molecule has 0 unspecified atom stereocenters. The molecule has 2 aromatic carbocycles. The van der Waals surface area contributed by atoms with Crippen LogP contribution in [0.3, 0.4) is 0 Å². The molecule has 1 saturated heterocycles. The van der Waals surface area contributed by atoms with Crippen LogP contribution >= 0.6 is 0 Å². The van der Waals surface area contributed by atoms with Gasteiger partial charge in [0.25, 0.3) is 10.0 Å². The molecule has 2 atom stereocenters. The van der Waals surface area contributed by atoms with E-state index in [9.17, 15) is 21.9 Å². The van der Waals surface area contributed by atoms with Crippen molar-refractivity contribution in [3.63, 3.8) is 0 Å². The van der Waals surface area contributed by atoms with Gasteiger partial charge >= 0.3 is 0 Å². The molecule has 1 heterocycles. The van der Waals surface area contributed by atoms with Crippen LogP contribution in [0.2, 0.25) is 0 Å². The van der Waals surface area contributed by atoms with Gasteiger partial charge in [0.2, 0.25) is 0 Å². The van der Waals surface area contributed by atoms with Gasteiger partial charge in [-0.3, -0.25) is 4.31 Å². The van der Waals surface area contributed by atoms with E-state index in [1.54, 1.807) is 18.2 Å². The fourth-order valence-corrected chi connectivity index (χ4v) is 6.55. The van der Waals surface area contributed by atoms with Crippen molar-refractivity contribution in [2.75, 3.05) is 15.8 Å². The molecule has 0 aromatic heterocycles. The summed E-state index contributed by atoms with van der Waals surface area (Å²) in [5, 5.41) is 19.3. The first-order valence-electron chi connectivity index (χ1n) is 7.73. The van der Waals surface area contributed by atoms with E-state index < -0.39 is 43.5 Å². The molecule has 0 saturated carbocycles. The highest BCUT2D eigenvalue weighted by Gasteiger charge is 2.45. The minimum Gasteiger partial charge on any atom is -0.390 e. The standard InChI is InChI=1S/C17H16N2O5S2/c18-10-13-5-4-8-15(9-13)26(23,24)19(14-6-2-1-3-7-14)16-11-25(21,22)12-17(16)20/h1-9,16-17,20H,11-12H2/t16-,17+/m0/s1. The highest BCUT2D eigenvalue weighted by atomic mass is 32.2. The lowest BCUT2D eigenvalue weighted by atomic mass is 10.2. The van der Waals surface area contributed by atoms with Crippen molar-refractivity contribution in [3.8, 4) is 6.07 Å². The van der Waals surface area contributed by atoms with Crippen LogP contribution in [0.1, 0.15) is 5.56 Å². The number of nitrogens with zero attached hydrogens (tertiary/aromatic N) is 2. The monoisotopic (exact) mass is 392 g/mol. The third-order valence-corrected chi connectivity index (χ3v) is 7.67. The van der Waals surface area contributed by atoms with Crippen LogP contribution in [0.4, 0.5) is 5.69 Å². The summed E-state index contributed by atoms with van der Waals surface area (Å²) in [5.41, 5.74) is 0.412. The van der Waals surface area contributed by atoms with Crippen molar-refractivity contribution in [1.29, 1.82) is 5.26 Å². The van der Waals surface area contributed by atoms with E-state index in [2.05, 4.69) is 0 Å². The van der Waals surface area contributed by atoms with Gasteiger partial charge in [0, 0.05) is 0 Å². The van der Waals surface area contributed by atoms with Crippen molar-refractivity contribution < 1.29 is 21.9 Å². The van der Waals surface area contributed by atoms with Gasteiger partial charge in [0.15, 0.2) is 9.84 Å². The van der Waals surface area contributed by atoms with Crippen molar-refractivity contribution >= 4 is 25.5 Å². The Morgan fingerprint density at radius 1 is 1.08 bits per heavy atom. The number of nitriles is 1. The molecule has 1 aliphatic heterocycles. The summed E-state index contributed by atoms with van der Waals surface area (Å²) in [6.45, 7) is 0. The van der Waals surface area contributed by atoms with Gasteiger partial charge < -0.3 is 5.11 Å². The van der Waals surface area contributed by atoms with E-state index in [0.29, 0.717) is 0 Å². The molecule has 1 fully saturated rings. The smallest absolute Gasteiger partial charge is 0.264 e. The fraction of sp³-hybridized carbons (Fsp3) is 0.235. The van der Waals surface area contributed by atoms with Crippen molar-refractivity contribution in [2.45, 2.75) is 17.0 Å². The summed E-state index contributed by atoms with van der Waals surface area (Å²) < 4.78 is 51.3. The van der Waals surface area contributed by atoms with Gasteiger partial charge in [-0.1, -0.05) is 24.3 Å². The second-order valence-corrected chi connectivity index (χ2v) is 9.96. The molecule has 3 rings (SSSR count). The summed E-state index contributed by atoms with van der Waals surface area (Å²) in [4.78, 5) is -0.142. The zero-order valence-electron chi connectivity index (χ0n) is 13.6. The van der Waals surface area contributed by atoms with Crippen LogP contribution < -0.4 is 4.31 Å². The quantitative estimate of drug-likeness (QED) is 0.827. The highest BCUT2D eigenvalue weighted by Crippen LogP contribution is 2.31. The Labute approximate surface area is 152 Å². The molecule has 26 heavy (non-hydrogen) atoms. The lowest BCUT2D eigenvalue weighted by Gasteiger charge is -2.31. The summed E-state index contributed by atoms with van der Waals surface area (Å²) >= 11 is 0. The predicted octanol–water partition coefficient (Wildman–Crippen LogP) is 0.911. The molecule has 0 radical (unpaired) electrons. The first-order valence-corrected chi connectivity index (χ1v) is 11.0. The Bertz CT molecular complexity index is 1060. The summed E-state index contributed by atoms with van der Waals surface area (Å²) in [7, 11) is -7.76. The van der Waals surface area contributed by atoms with Gasteiger partial charge in [-0.15, -0.1) is 0 Å². The number of aliphatic hydroxyl groups excluding tert-OH is 1. The molecular formula is C17H16N2O5S2. The number of aliphatic hydroxyl groups is 1. The Morgan fingerprint density at radius 2 is 1.77 bits per heavy atom. The lowest BCUT2D eigenvalue weighted by molar-refractivity contribution is 0.184. The Hall–Kier alpha value is -2.41. The Morgan fingerprint density at radius 3 is 2.35 bits per heavy atom. The van der Waals surface area contributed by atoms with Crippen LogP contribution in [0.15, 0.2) is 59.5 Å². The number of benzene rings is 2. The number of para-hydroxylation sites is 1. The van der Waals surface area contributed by atoms with Gasteiger partial charge in [-0.05, 0) is 30.3 Å². The van der Waals surface area contributed by atoms with E-state index in [1.165, 1.54) is 36.4 Å². The molecule has 1 N–H and O–H groups in total. The van der Waals surface area contributed by atoms with Crippen molar-refractivity contribution in [1.82, 2.24) is 0 Å². The number of hydrogen-bond donors (Lipinski definition) is 1. The Kier molecular flexibility index (Phi) is 4.75. The summed E-state index contributed by atoms with van der Waals surface area (Å²) in [6, 6.07) is 14.2. The fourth-order valence-electron chi connectivity index (χ4n) is 2.96. The minimum absolute atomic E-state index is 0.142. The molecule has 2 aromatic rings. The van der Waals surface area contributed by atoms with Gasteiger partial charge in [-0.2, -0.15) is 5.26 Å². The van der Waals surface area contributed by atoms with Crippen LogP contribution in [0, 0.1) is 11.3 Å². The minimum atomic E-state index is -4.20. The van der Waals surface area contributed by atoms with E-state index in [-0.39, 0.29) is 16.1 Å². The molecule has 136 valence electrons. The number of rotatable bonds is 4. The van der Waals surface area contributed by atoms with E-state index in [1.807, 2.05) is 6.07 Å². The maximum Gasteiger partial charge on any atom is 0.264 e. The number of sulfone groups is 1. The molecular weight excluding hydrogens is 376 g/mol. The lowest BCUT2D eigenvalue weighted by Crippen LogP contribution is -2.47. The third kappa shape index (κ3) is 3.44. The maximum absolute atomic E-state index is 13.3. The molecule has 9 heteroatoms. The molecule has 0 bridgehead atoms. The number of sulfonamides is 1. The average molecular weight is 392 g/mol. The van der Waals surface area contributed by atoms with Crippen LogP contribution in [-0.2, 0) is 19.9 Å². The summed E-state index contributed by atoms with van der Waals surface area (Å²) in [6.07, 6.45) is -1.34. The first-order chi connectivity index (χ1) is 12.2. The normalized spacial score (nSPS) is 21.8. The van der Waals surface area contributed by atoms with E-state index in [0.717, 1.165) is 4.31 Å². The van der Waals surface area contributed by atoms with Crippen LogP contribution in [-0.4, -0.2) is 45.6 Å². The van der Waals surface area contributed by atoms with Gasteiger partial charge in [-0.25, -0.2) is 16.8 Å². The van der Waals surface area contributed by atoms with Crippen LogP contribution in [0.25, 0.3) is 0 Å². The topological polar surface area (TPSA) is 116 Å². The second-order valence-electron chi connectivity index (χ2n) is 5.99. The average Bonchev–Trinajstić information content (AvgIpc) is 2.88. The third-order valence-electron chi connectivity index (χ3n) is 4.13. The molecule has 1 aliphatic rings. The zero-order valence-corrected chi connectivity index (χ0v) is 15.2. The highest BCUT2D eigenvalue weighted by molar-refractivity contribution is 7.93. The zero-order chi connectivity index (χ0) is 18.9. The molecule has 0 amide bonds. The van der Waals surface area contributed by atoms with Gasteiger partial charge in [0.1, 0.15) is 0 Å². The van der Waals surface area contributed by atoms with Gasteiger partial charge in [0.05, 0.1) is 45.9 Å². The van der Waals surface area contributed by atoms with Crippen LogP contribution in [0.5, 0.6) is 0 Å². The van der Waals surface area contributed by atoms with Crippen molar-refractivity contribution in [2.24, 2.45) is 0 Å².